The minimum absolute atomic E-state index is 0.107. The molecule has 0 spiro atoms. The lowest BCUT2D eigenvalue weighted by Gasteiger charge is -2.37. The zero-order valence-electron chi connectivity index (χ0n) is 16.1. The van der Waals surface area contributed by atoms with E-state index in [0.717, 1.165) is 27.9 Å². The maximum Gasteiger partial charge on any atom is 0.234 e. The van der Waals surface area contributed by atoms with Crippen LogP contribution in [0.4, 0.5) is 5.69 Å². The van der Waals surface area contributed by atoms with Gasteiger partial charge in [-0.3, -0.25) is 9.59 Å². The molecular formula is C21H22BrN3O2S. The van der Waals surface area contributed by atoms with E-state index >= 15 is 0 Å². The van der Waals surface area contributed by atoms with Crippen LogP contribution in [0.2, 0.25) is 0 Å². The summed E-state index contributed by atoms with van der Waals surface area (Å²) >= 11 is 4.67. The van der Waals surface area contributed by atoms with Crippen molar-refractivity contribution in [1.29, 1.82) is 5.26 Å². The van der Waals surface area contributed by atoms with E-state index in [1.54, 1.807) is 0 Å². The molecule has 1 aliphatic heterocycles. The van der Waals surface area contributed by atoms with Crippen LogP contribution in [0.15, 0.2) is 50.6 Å². The van der Waals surface area contributed by atoms with Gasteiger partial charge in [-0.05, 0) is 36.1 Å². The molecule has 0 aromatic heterocycles. The Kier molecular flexibility index (Phi) is 6.01. The molecule has 1 aromatic rings. The van der Waals surface area contributed by atoms with Gasteiger partial charge in [0.05, 0.1) is 22.4 Å². The molecule has 1 atom stereocenters. The number of nitrogens with zero attached hydrogens (tertiary/aromatic N) is 1. The van der Waals surface area contributed by atoms with Crippen molar-refractivity contribution >= 4 is 45.1 Å². The summed E-state index contributed by atoms with van der Waals surface area (Å²) < 4.78 is 0.943. The summed E-state index contributed by atoms with van der Waals surface area (Å²) in [5.74, 6) is -0.111. The summed E-state index contributed by atoms with van der Waals surface area (Å²) in [4.78, 5) is 24.9. The van der Waals surface area contributed by atoms with Gasteiger partial charge in [0.1, 0.15) is 0 Å². The quantitative estimate of drug-likeness (QED) is 0.679. The molecular weight excluding hydrogens is 438 g/mol. The van der Waals surface area contributed by atoms with Crippen LogP contribution in [-0.4, -0.2) is 17.4 Å². The van der Waals surface area contributed by atoms with Crippen LogP contribution in [0.25, 0.3) is 0 Å². The summed E-state index contributed by atoms with van der Waals surface area (Å²) in [6, 6.07) is 9.59. The predicted molar refractivity (Wildman–Crippen MR) is 115 cm³/mol. The van der Waals surface area contributed by atoms with Crippen molar-refractivity contribution in [3.05, 3.63) is 50.6 Å². The average Bonchev–Trinajstić information content (AvgIpc) is 2.60. The third-order valence-corrected chi connectivity index (χ3v) is 6.44. The second kappa shape index (κ2) is 8.14. The zero-order valence-corrected chi connectivity index (χ0v) is 18.5. The highest BCUT2D eigenvalue weighted by molar-refractivity contribution is 9.10. The summed E-state index contributed by atoms with van der Waals surface area (Å²) in [7, 11) is 0. The Morgan fingerprint density at radius 2 is 2.04 bits per heavy atom. The number of allylic oxidation sites excluding steroid dienone is 3. The maximum absolute atomic E-state index is 12.6. The normalized spacial score (nSPS) is 21.0. The van der Waals surface area contributed by atoms with Crippen molar-refractivity contribution in [1.82, 2.24) is 5.32 Å². The number of carbonyl (C=O) groups is 2. The second-order valence-electron chi connectivity index (χ2n) is 7.88. The molecule has 1 aliphatic carbocycles. The van der Waals surface area contributed by atoms with Gasteiger partial charge < -0.3 is 10.6 Å². The minimum Gasteiger partial charge on any atom is -0.352 e. The predicted octanol–water partition coefficient (Wildman–Crippen LogP) is 4.74. The second-order valence-corrected chi connectivity index (χ2v) is 9.78. The van der Waals surface area contributed by atoms with Crippen LogP contribution >= 0.6 is 27.7 Å². The Morgan fingerprint density at radius 1 is 1.36 bits per heavy atom. The molecule has 28 heavy (non-hydrogen) atoms. The van der Waals surface area contributed by atoms with Crippen molar-refractivity contribution in [2.75, 3.05) is 11.1 Å². The van der Waals surface area contributed by atoms with Gasteiger partial charge in [-0.25, -0.2) is 0 Å². The maximum atomic E-state index is 12.6. The van der Waals surface area contributed by atoms with E-state index < -0.39 is 0 Å². The Balaban J connectivity index is 1.71. The number of benzene rings is 1. The fourth-order valence-electron chi connectivity index (χ4n) is 3.62. The van der Waals surface area contributed by atoms with E-state index in [0.29, 0.717) is 17.0 Å². The molecule has 1 heterocycles. The minimum atomic E-state index is -0.248. The van der Waals surface area contributed by atoms with Crippen LogP contribution in [-0.2, 0) is 9.59 Å². The Hall–Kier alpha value is -2.04. The number of rotatable bonds is 4. The zero-order chi connectivity index (χ0) is 20.5. The molecule has 7 heteroatoms. The largest absolute Gasteiger partial charge is 0.352 e. The molecule has 0 fully saturated rings. The fraction of sp³-hybridized carbons (Fsp3) is 0.381. The average molecular weight is 460 g/mol. The lowest BCUT2D eigenvalue weighted by atomic mass is 9.71. The van der Waals surface area contributed by atoms with E-state index in [1.165, 1.54) is 11.8 Å². The van der Waals surface area contributed by atoms with Gasteiger partial charge in [0.25, 0.3) is 0 Å². The number of nitrogens with one attached hydrogen (secondary N) is 2. The molecule has 2 aliphatic rings. The molecule has 1 aromatic carbocycles. The third kappa shape index (κ3) is 4.50. The number of carbonyl (C=O) groups excluding carboxylic acids is 2. The molecule has 0 saturated carbocycles. The summed E-state index contributed by atoms with van der Waals surface area (Å²) in [6.45, 7) is 6.04. The van der Waals surface area contributed by atoms with Crippen molar-refractivity contribution in [3.63, 3.8) is 0 Å². The van der Waals surface area contributed by atoms with Crippen LogP contribution in [0.1, 0.15) is 33.6 Å². The number of amides is 1. The third-order valence-electron chi connectivity index (χ3n) is 4.89. The van der Waals surface area contributed by atoms with E-state index in [-0.39, 0.29) is 28.8 Å². The topological polar surface area (TPSA) is 82.0 Å². The van der Waals surface area contributed by atoms with E-state index in [1.807, 2.05) is 31.2 Å². The van der Waals surface area contributed by atoms with Gasteiger partial charge in [0, 0.05) is 33.8 Å². The van der Waals surface area contributed by atoms with Crippen molar-refractivity contribution in [3.8, 4) is 6.07 Å². The van der Waals surface area contributed by atoms with Crippen LogP contribution in [0.5, 0.6) is 0 Å². The van der Waals surface area contributed by atoms with Gasteiger partial charge in [0.2, 0.25) is 5.91 Å². The number of nitriles is 1. The number of ketones is 1. The van der Waals surface area contributed by atoms with Crippen molar-refractivity contribution in [2.24, 2.45) is 11.3 Å². The Bertz CT molecular complexity index is 926. The Morgan fingerprint density at radius 3 is 2.68 bits per heavy atom. The molecule has 3 rings (SSSR count). The molecule has 0 bridgehead atoms. The monoisotopic (exact) mass is 459 g/mol. The molecule has 0 radical (unpaired) electrons. The van der Waals surface area contributed by atoms with E-state index in [9.17, 15) is 14.9 Å². The first-order chi connectivity index (χ1) is 13.2. The highest BCUT2D eigenvalue weighted by Gasteiger charge is 2.39. The number of Topliss-reactive ketones (excluding diaryl/α,β-unsaturated/α-hetero) is 1. The molecule has 0 unspecified atom stereocenters. The summed E-state index contributed by atoms with van der Waals surface area (Å²) in [5.41, 5.74) is 2.75. The number of dihydropyridines is 1. The van der Waals surface area contributed by atoms with Gasteiger partial charge in [0.15, 0.2) is 5.78 Å². The number of hydrogen-bond donors (Lipinski definition) is 2. The lowest BCUT2D eigenvalue weighted by Crippen LogP contribution is -2.37. The fourth-order valence-corrected chi connectivity index (χ4v) is 4.81. The van der Waals surface area contributed by atoms with Crippen molar-refractivity contribution < 1.29 is 9.59 Å². The van der Waals surface area contributed by atoms with Gasteiger partial charge in [-0.1, -0.05) is 48.5 Å². The first-order valence-electron chi connectivity index (χ1n) is 9.06. The van der Waals surface area contributed by atoms with Gasteiger partial charge in [-0.15, -0.1) is 0 Å². The smallest absolute Gasteiger partial charge is 0.234 e. The first kappa shape index (κ1) is 20.7. The van der Waals surface area contributed by atoms with Crippen LogP contribution in [0, 0.1) is 22.7 Å². The number of halogens is 1. The molecule has 5 nitrogen and oxygen atoms in total. The first-order valence-corrected chi connectivity index (χ1v) is 10.8. The van der Waals surface area contributed by atoms with Crippen LogP contribution in [0.3, 0.4) is 0 Å². The highest BCUT2D eigenvalue weighted by Crippen LogP contribution is 2.43. The van der Waals surface area contributed by atoms with E-state index in [2.05, 4.69) is 46.5 Å². The van der Waals surface area contributed by atoms with Crippen LogP contribution < -0.4 is 10.6 Å². The Labute approximate surface area is 177 Å². The van der Waals surface area contributed by atoms with Crippen molar-refractivity contribution in [2.45, 2.75) is 33.6 Å². The summed E-state index contributed by atoms with van der Waals surface area (Å²) in [5, 5.41) is 16.5. The molecule has 2 N–H and O–H groups in total. The SMILES string of the molecule is C[C@@H]1C(C#N)=C(SCC(=O)Nc2ccc(Br)cc2)NC2=C1C(=O)CC(C)(C)C2. The molecule has 146 valence electrons. The number of anilines is 1. The van der Waals surface area contributed by atoms with Gasteiger partial charge in [-0.2, -0.15) is 5.26 Å². The van der Waals surface area contributed by atoms with Gasteiger partial charge >= 0.3 is 0 Å². The number of hydrogen-bond acceptors (Lipinski definition) is 5. The molecule has 0 saturated heterocycles. The van der Waals surface area contributed by atoms with E-state index in [4.69, 9.17) is 0 Å². The number of thioether (sulfide) groups is 1. The summed E-state index contributed by atoms with van der Waals surface area (Å²) in [6.07, 6.45) is 1.25. The standard InChI is InChI=1S/C21H22BrN3O2S/c1-12-15(10-23)20(25-16-8-21(2,3)9-17(26)19(12)16)28-11-18(27)24-14-6-4-13(22)5-7-14/h4-7,12,25H,8-9,11H2,1-3H3,(H,24,27)/t12-/m1/s1. The lowest BCUT2D eigenvalue weighted by molar-refractivity contribution is -0.118. The molecule has 1 amide bonds. The highest BCUT2D eigenvalue weighted by atomic mass is 79.9.